The molecule has 0 saturated carbocycles. The molecule has 110 valence electrons. The molecular weight excluding hydrogens is 256 g/mol. The number of hydrogen-bond donors (Lipinski definition) is 2. The molecule has 2 N–H and O–H groups in total. The van der Waals surface area contributed by atoms with Gasteiger partial charge in [-0.1, -0.05) is 13.8 Å². The van der Waals surface area contributed by atoms with E-state index < -0.39 is 5.97 Å². The lowest BCUT2D eigenvalue weighted by Gasteiger charge is -2.26. The van der Waals surface area contributed by atoms with Gasteiger partial charge in [-0.3, -0.25) is 0 Å². The monoisotopic (exact) mass is 278 g/mol. The molecule has 0 heterocycles. The highest BCUT2D eigenvalue weighted by Crippen LogP contribution is 2.16. The summed E-state index contributed by atoms with van der Waals surface area (Å²) < 4.78 is 0. The van der Waals surface area contributed by atoms with Gasteiger partial charge in [0.15, 0.2) is 0 Å². The predicted octanol–water partition coefficient (Wildman–Crippen LogP) is 3.35. The van der Waals surface area contributed by atoms with Crippen LogP contribution < -0.4 is 5.32 Å². The Morgan fingerprint density at radius 2 is 1.90 bits per heavy atom. The van der Waals surface area contributed by atoms with Crippen LogP contribution in [0.4, 0.5) is 10.5 Å². The standard InChI is InChI=1S/C15H22N2O3/c1-5-12(6-2)17(4)15(20)16-11-7-8-13(14(18)19)10(3)9-11/h7-9,12H,5-6H2,1-4H3,(H,16,20)(H,18,19). The molecule has 0 aliphatic carbocycles. The Hall–Kier alpha value is -2.04. The minimum absolute atomic E-state index is 0.179. The van der Waals surface area contributed by atoms with E-state index in [0.29, 0.717) is 11.3 Å². The third-order valence-electron chi connectivity index (χ3n) is 3.52. The van der Waals surface area contributed by atoms with Crippen molar-refractivity contribution in [1.29, 1.82) is 0 Å². The van der Waals surface area contributed by atoms with Gasteiger partial charge in [-0.15, -0.1) is 0 Å². The first kappa shape index (κ1) is 16.0. The average molecular weight is 278 g/mol. The number of urea groups is 1. The van der Waals surface area contributed by atoms with Crippen LogP contribution in [0.2, 0.25) is 0 Å². The van der Waals surface area contributed by atoms with Gasteiger partial charge < -0.3 is 15.3 Å². The minimum atomic E-state index is -0.963. The highest BCUT2D eigenvalue weighted by atomic mass is 16.4. The first-order valence-corrected chi connectivity index (χ1v) is 6.78. The van der Waals surface area contributed by atoms with Crippen LogP contribution in [0.3, 0.4) is 0 Å². The lowest BCUT2D eigenvalue weighted by Crippen LogP contribution is -2.39. The van der Waals surface area contributed by atoms with Gasteiger partial charge in [0.2, 0.25) is 0 Å². The molecule has 0 radical (unpaired) electrons. The van der Waals surface area contributed by atoms with Crippen LogP contribution in [0.1, 0.15) is 42.6 Å². The van der Waals surface area contributed by atoms with E-state index in [2.05, 4.69) is 5.32 Å². The van der Waals surface area contributed by atoms with Crippen LogP contribution in [-0.2, 0) is 0 Å². The van der Waals surface area contributed by atoms with Crippen molar-refractivity contribution in [2.24, 2.45) is 0 Å². The average Bonchev–Trinajstić information content (AvgIpc) is 2.39. The summed E-state index contributed by atoms with van der Waals surface area (Å²) in [6.45, 7) is 5.80. The van der Waals surface area contributed by atoms with E-state index in [4.69, 9.17) is 5.11 Å². The van der Waals surface area contributed by atoms with Crippen molar-refractivity contribution in [3.05, 3.63) is 29.3 Å². The molecule has 0 spiro atoms. The van der Waals surface area contributed by atoms with Gasteiger partial charge in [-0.05, 0) is 43.5 Å². The number of carboxylic acid groups (broad SMARTS) is 1. The second-order valence-electron chi connectivity index (χ2n) is 4.85. The summed E-state index contributed by atoms with van der Waals surface area (Å²) in [5.41, 5.74) is 1.48. The van der Waals surface area contributed by atoms with Crippen molar-refractivity contribution >= 4 is 17.7 Å². The summed E-state index contributed by atoms with van der Waals surface area (Å²) in [6.07, 6.45) is 1.80. The molecule has 0 saturated heterocycles. The lowest BCUT2D eigenvalue weighted by molar-refractivity contribution is 0.0696. The second kappa shape index (κ2) is 6.93. The van der Waals surface area contributed by atoms with E-state index in [0.717, 1.165) is 12.8 Å². The fourth-order valence-electron chi connectivity index (χ4n) is 2.20. The maximum Gasteiger partial charge on any atom is 0.335 e. The Morgan fingerprint density at radius 1 is 1.30 bits per heavy atom. The quantitative estimate of drug-likeness (QED) is 0.867. The normalized spacial score (nSPS) is 10.4. The number of aromatic carboxylic acids is 1. The van der Waals surface area contributed by atoms with Crippen LogP contribution in [0.5, 0.6) is 0 Å². The Balaban J connectivity index is 2.81. The number of nitrogens with one attached hydrogen (secondary N) is 1. The van der Waals surface area contributed by atoms with Gasteiger partial charge in [0.25, 0.3) is 0 Å². The Bertz CT molecular complexity index is 496. The fraction of sp³-hybridized carbons (Fsp3) is 0.467. The maximum atomic E-state index is 12.1. The summed E-state index contributed by atoms with van der Waals surface area (Å²) in [7, 11) is 1.77. The molecule has 1 rings (SSSR count). The molecule has 20 heavy (non-hydrogen) atoms. The van der Waals surface area contributed by atoms with E-state index in [1.165, 1.54) is 6.07 Å². The molecule has 0 aliphatic heterocycles. The predicted molar refractivity (Wildman–Crippen MR) is 79.3 cm³/mol. The van der Waals surface area contributed by atoms with Crippen molar-refractivity contribution in [2.75, 3.05) is 12.4 Å². The number of rotatable bonds is 5. The van der Waals surface area contributed by atoms with E-state index in [-0.39, 0.29) is 17.6 Å². The van der Waals surface area contributed by atoms with E-state index >= 15 is 0 Å². The number of nitrogens with zero attached hydrogens (tertiary/aromatic N) is 1. The zero-order valence-corrected chi connectivity index (χ0v) is 12.4. The number of anilines is 1. The van der Waals surface area contributed by atoms with Crippen LogP contribution in [-0.4, -0.2) is 35.1 Å². The molecule has 5 nitrogen and oxygen atoms in total. The number of aryl methyl sites for hydroxylation is 1. The van der Waals surface area contributed by atoms with Crippen LogP contribution >= 0.6 is 0 Å². The van der Waals surface area contributed by atoms with Crippen LogP contribution in [0, 0.1) is 6.92 Å². The van der Waals surface area contributed by atoms with Crippen molar-refractivity contribution in [3.8, 4) is 0 Å². The highest BCUT2D eigenvalue weighted by molar-refractivity contribution is 5.92. The van der Waals surface area contributed by atoms with Gasteiger partial charge >= 0.3 is 12.0 Å². The third kappa shape index (κ3) is 3.73. The minimum Gasteiger partial charge on any atom is -0.478 e. The van der Waals surface area contributed by atoms with Crippen molar-refractivity contribution in [3.63, 3.8) is 0 Å². The highest BCUT2D eigenvalue weighted by Gasteiger charge is 2.17. The molecule has 5 heteroatoms. The van der Waals surface area contributed by atoms with Crippen molar-refractivity contribution in [2.45, 2.75) is 39.7 Å². The number of benzene rings is 1. The first-order chi connectivity index (χ1) is 9.40. The lowest BCUT2D eigenvalue weighted by atomic mass is 10.1. The topological polar surface area (TPSA) is 69.6 Å². The zero-order valence-electron chi connectivity index (χ0n) is 12.4. The van der Waals surface area contributed by atoms with E-state index in [1.807, 2.05) is 13.8 Å². The molecule has 2 amide bonds. The van der Waals surface area contributed by atoms with Crippen LogP contribution in [0.15, 0.2) is 18.2 Å². The summed E-state index contributed by atoms with van der Waals surface area (Å²) >= 11 is 0. The summed E-state index contributed by atoms with van der Waals surface area (Å²) in [5, 5.41) is 11.8. The molecule has 0 atom stereocenters. The number of carboxylic acids is 1. The molecule has 1 aromatic carbocycles. The Kier molecular flexibility index (Phi) is 5.55. The largest absolute Gasteiger partial charge is 0.478 e. The Morgan fingerprint density at radius 3 is 2.35 bits per heavy atom. The molecule has 0 bridgehead atoms. The van der Waals surface area contributed by atoms with Gasteiger partial charge in [0.05, 0.1) is 5.56 Å². The van der Waals surface area contributed by atoms with Crippen LogP contribution in [0.25, 0.3) is 0 Å². The number of hydrogen-bond acceptors (Lipinski definition) is 2. The summed E-state index contributed by atoms with van der Waals surface area (Å²) in [6, 6.07) is 4.80. The van der Waals surface area contributed by atoms with Crippen molar-refractivity contribution in [1.82, 2.24) is 4.90 Å². The van der Waals surface area contributed by atoms with Gasteiger partial charge in [-0.25, -0.2) is 9.59 Å². The smallest absolute Gasteiger partial charge is 0.335 e. The van der Waals surface area contributed by atoms with E-state index in [9.17, 15) is 9.59 Å². The molecule has 1 aromatic rings. The maximum absolute atomic E-state index is 12.1. The van der Waals surface area contributed by atoms with Gasteiger partial charge in [0.1, 0.15) is 0 Å². The molecule has 0 aliphatic rings. The third-order valence-corrected chi connectivity index (χ3v) is 3.52. The zero-order chi connectivity index (χ0) is 15.3. The number of carbonyl (C=O) groups excluding carboxylic acids is 1. The molecule has 0 unspecified atom stereocenters. The second-order valence-corrected chi connectivity index (χ2v) is 4.85. The SMILES string of the molecule is CCC(CC)N(C)C(=O)Nc1ccc(C(=O)O)c(C)c1. The molecule has 0 aromatic heterocycles. The number of carbonyl (C=O) groups is 2. The fourth-order valence-corrected chi connectivity index (χ4v) is 2.20. The summed E-state index contributed by atoms with van der Waals surface area (Å²) in [4.78, 5) is 24.7. The first-order valence-electron chi connectivity index (χ1n) is 6.78. The Labute approximate surface area is 119 Å². The van der Waals surface area contributed by atoms with Gasteiger partial charge in [0, 0.05) is 18.8 Å². The molecular formula is C15H22N2O3. The van der Waals surface area contributed by atoms with Crippen molar-refractivity contribution < 1.29 is 14.7 Å². The van der Waals surface area contributed by atoms with Gasteiger partial charge in [-0.2, -0.15) is 0 Å². The molecule has 0 fully saturated rings. The summed E-state index contributed by atoms with van der Waals surface area (Å²) in [5.74, 6) is -0.963. The number of amides is 2. The van der Waals surface area contributed by atoms with E-state index in [1.54, 1.807) is 31.0 Å².